The molecule has 0 atom stereocenters. The van der Waals surface area contributed by atoms with Crippen molar-refractivity contribution in [3.05, 3.63) is 46.9 Å². The molecular weight excluding hydrogens is 367 g/mol. The number of nitrogens with zero attached hydrogens (tertiary/aromatic N) is 4. The van der Waals surface area contributed by atoms with Crippen LogP contribution in [0.5, 0.6) is 0 Å². The van der Waals surface area contributed by atoms with Crippen molar-refractivity contribution in [3.8, 4) is 11.3 Å². The van der Waals surface area contributed by atoms with Crippen LogP contribution in [-0.2, 0) is 4.79 Å². The molecule has 6 nitrogen and oxygen atoms in total. The first-order chi connectivity index (χ1) is 12.9. The van der Waals surface area contributed by atoms with Crippen LogP contribution in [0.2, 0.25) is 0 Å². The maximum atomic E-state index is 13.1. The minimum absolute atomic E-state index is 0.0189. The van der Waals surface area contributed by atoms with Crippen molar-refractivity contribution in [3.63, 3.8) is 0 Å². The van der Waals surface area contributed by atoms with Gasteiger partial charge in [0, 0.05) is 50.6 Å². The van der Waals surface area contributed by atoms with Crippen LogP contribution in [0, 0.1) is 12.7 Å². The molecule has 27 heavy (non-hydrogen) atoms. The van der Waals surface area contributed by atoms with Crippen molar-refractivity contribution < 1.29 is 14.0 Å². The first-order valence-electron chi connectivity index (χ1n) is 8.73. The maximum absolute atomic E-state index is 13.1. The summed E-state index contributed by atoms with van der Waals surface area (Å²) >= 11 is 1.36. The van der Waals surface area contributed by atoms with Gasteiger partial charge in [-0.2, -0.15) is 0 Å². The largest absolute Gasteiger partial charge is 0.339 e. The molecule has 0 radical (unpaired) electrons. The Kier molecular flexibility index (Phi) is 4.43. The number of piperazine rings is 1. The number of halogens is 1. The highest BCUT2D eigenvalue weighted by Gasteiger charge is 2.26. The van der Waals surface area contributed by atoms with Gasteiger partial charge in [0.05, 0.1) is 5.69 Å². The lowest BCUT2D eigenvalue weighted by Gasteiger charge is -2.34. The zero-order valence-corrected chi connectivity index (χ0v) is 15.9. The number of fused-ring (bicyclic) bond motifs is 1. The van der Waals surface area contributed by atoms with Crippen molar-refractivity contribution in [1.29, 1.82) is 0 Å². The average Bonchev–Trinajstić information content (AvgIpc) is 3.21. The molecule has 4 rings (SSSR count). The second-order valence-corrected chi connectivity index (χ2v) is 7.58. The quantitative estimate of drug-likeness (QED) is 0.681. The van der Waals surface area contributed by atoms with Gasteiger partial charge in [0.1, 0.15) is 10.7 Å². The summed E-state index contributed by atoms with van der Waals surface area (Å²) in [4.78, 5) is 33.9. The van der Waals surface area contributed by atoms with Crippen LogP contribution in [0.1, 0.15) is 22.3 Å². The van der Waals surface area contributed by atoms with Crippen LogP contribution in [-0.4, -0.2) is 57.2 Å². The lowest BCUT2D eigenvalue weighted by molar-refractivity contribution is -0.130. The van der Waals surface area contributed by atoms with Gasteiger partial charge in [-0.1, -0.05) is 11.3 Å². The van der Waals surface area contributed by atoms with Gasteiger partial charge in [0.25, 0.3) is 5.91 Å². The first kappa shape index (κ1) is 17.7. The molecule has 1 saturated heterocycles. The van der Waals surface area contributed by atoms with E-state index in [2.05, 4.69) is 4.98 Å². The Balaban J connectivity index is 1.57. The van der Waals surface area contributed by atoms with Crippen LogP contribution >= 0.6 is 11.3 Å². The fraction of sp³-hybridized carbons (Fsp3) is 0.316. The number of amides is 2. The standard InChI is InChI=1S/C19H19FN4O2S/c1-12-17(18(26)23-9-7-22(8-10-23)13(2)25)27-19-21-16(11-24(12)19)14-3-5-15(20)6-4-14/h3-6,11H,7-10H2,1-2H3. The van der Waals surface area contributed by atoms with E-state index in [0.29, 0.717) is 31.1 Å². The predicted molar refractivity (Wildman–Crippen MR) is 101 cm³/mol. The summed E-state index contributed by atoms with van der Waals surface area (Å²) in [5, 5.41) is 0. The van der Waals surface area contributed by atoms with Gasteiger partial charge >= 0.3 is 0 Å². The van der Waals surface area contributed by atoms with E-state index in [9.17, 15) is 14.0 Å². The smallest absolute Gasteiger partial charge is 0.265 e. The number of thiazole rings is 1. The van der Waals surface area contributed by atoms with Crippen molar-refractivity contribution in [2.45, 2.75) is 13.8 Å². The molecule has 140 valence electrons. The van der Waals surface area contributed by atoms with E-state index in [-0.39, 0.29) is 17.6 Å². The molecular formula is C19H19FN4O2S. The molecule has 2 amide bonds. The van der Waals surface area contributed by atoms with Gasteiger partial charge in [0.2, 0.25) is 5.91 Å². The Bertz CT molecular complexity index is 1020. The van der Waals surface area contributed by atoms with Crippen molar-refractivity contribution in [1.82, 2.24) is 19.2 Å². The number of rotatable bonds is 2. The topological polar surface area (TPSA) is 57.9 Å². The normalized spacial score (nSPS) is 14.8. The first-order valence-corrected chi connectivity index (χ1v) is 9.55. The second kappa shape index (κ2) is 6.77. The highest BCUT2D eigenvalue weighted by molar-refractivity contribution is 7.19. The van der Waals surface area contributed by atoms with Crippen molar-refractivity contribution in [2.75, 3.05) is 26.2 Å². The molecule has 0 spiro atoms. The fourth-order valence-corrected chi connectivity index (χ4v) is 4.35. The van der Waals surface area contributed by atoms with Crippen molar-refractivity contribution in [2.24, 2.45) is 0 Å². The minimum Gasteiger partial charge on any atom is -0.339 e. The molecule has 3 heterocycles. The van der Waals surface area contributed by atoms with Gasteiger partial charge in [-0.15, -0.1) is 0 Å². The molecule has 0 unspecified atom stereocenters. The summed E-state index contributed by atoms with van der Waals surface area (Å²) in [7, 11) is 0. The fourth-order valence-electron chi connectivity index (χ4n) is 3.28. The Morgan fingerprint density at radius 3 is 2.30 bits per heavy atom. The van der Waals surface area contributed by atoms with Crippen LogP contribution in [0.15, 0.2) is 30.5 Å². The molecule has 1 aromatic carbocycles. The monoisotopic (exact) mass is 386 g/mol. The molecule has 1 aliphatic heterocycles. The van der Waals surface area contributed by atoms with E-state index in [1.54, 1.807) is 28.9 Å². The number of benzene rings is 1. The summed E-state index contributed by atoms with van der Waals surface area (Å²) in [6.07, 6.45) is 1.87. The van der Waals surface area contributed by atoms with E-state index >= 15 is 0 Å². The summed E-state index contributed by atoms with van der Waals surface area (Å²) in [5.74, 6) is -0.260. The number of imidazole rings is 1. The van der Waals surface area contributed by atoms with Crippen LogP contribution in [0.4, 0.5) is 4.39 Å². The van der Waals surface area contributed by atoms with Gasteiger partial charge < -0.3 is 9.80 Å². The highest BCUT2D eigenvalue weighted by atomic mass is 32.1. The van der Waals surface area contributed by atoms with Gasteiger partial charge in [0.15, 0.2) is 4.96 Å². The highest BCUT2D eigenvalue weighted by Crippen LogP contribution is 2.28. The van der Waals surface area contributed by atoms with Crippen molar-refractivity contribution >= 4 is 28.1 Å². The minimum atomic E-state index is -0.284. The molecule has 0 saturated carbocycles. The lowest BCUT2D eigenvalue weighted by Crippen LogP contribution is -2.50. The number of aryl methyl sites for hydroxylation is 1. The summed E-state index contributed by atoms with van der Waals surface area (Å²) in [6.45, 7) is 5.67. The van der Waals surface area contributed by atoms with E-state index < -0.39 is 0 Å². The maximum Gasteiger partial charge on any atom is 0.265 e. The second-order valence-electron chi connectivity index (χ2n) is 6.60. The summed E-state index contributed by atoms with van der Waals surface area (Å²) < 4.78 is 15.0. The average molecular weight is 386 g/mol. The molecule has 3 aromatic rings. The summed E-state index contributed by atoms with van der Waals surface area (Å²) in [6, 6.07) is 6.20. The molecule has 0 bridgehead atoms. The molecule has 0 aliphatic carbocycles. The number of hydrogen-bond donors (Lipinski definition) is 0. The summed E-state index contributed by atoms with van der Waals surface area (Å²) in [5.41, 5.74) is 2.42. The zero-order chi connectivity index (χ0) is 19.1. The molecule has 0 N–H and O–H groups in total. The SMILES string of the molecule is CC(=O)N1CCN(C(=O)c2sc3nc(-c4ccc(F)cc4)cn3c2C)CC1. The third kappa shape index (κ3) is 3.21. The van der Waals surface area contributed by atoms with Gasteiger partial charge in [-0.3, -0.25) is 14.0 Å². The number of hydrogen-bond acceptors (Lipinski definition) is 4. The third-order valence-corrected chi connectivity index (χ3v) is 6.05. The van der Waals surface area contributed by atoms with Crippen LogP contribution in [0.25, 0.3) is 16.2 Å². The molecule has 1 fully saturated rings. The van der Waals surface area contributed by atoms with Crippen LogP contribution < -0.4 is 0 Å². The Hall–Kier alpha value is -2.74. The van der Waals surface area contributed by atoms with Gasteiger partial charge in [-0.25, -0.2) is 9.37 Å². The van der Waals surface area contributed by atoms with E-state index in [4.69, 9.17) is 0 Å². The Morgan fingerprint density at radius 2 is 1.70 bits per heavy atom. The van der Waals surface area contributed by atoms with E-state index in [0.717, 1.165) is 21.9 Å². The van der Waals surface area contributed by atoms with Gasteiger partial charge in [-0.05, 0) is 31.2 Å². The lowest BCUT2D eigenvalue weighted by atomic mass is 10.2. The zero-order valence-electron chi connectivity index (χ0n) is 15.1. The van der Waals surface area contributed by atoms with E-state index in [1.165, 1.54) is 23.5 Å². The molecule has 1 aliphatic rings. The number of carbonyl (C=O) groups is 2. The van der Waals surface area contributed by atoms with E-state index in [1.807, 2.05) is 17.5 Å². The Labute approximate surface area is 159 Å². The third-order valence-electron chi connectivity index (χ3n) is 4.90. The number of aromatic nitrogens is 2. The van der Waals surface area contributed by atoms with Crippen LogP contribution in [0.3, 0.4) is 0 Å². The Morgan fingerprint density at radius 1 is 1.07 bits per heavy atom. The predicted octanol–water partition coefficient (Wildman–Crippen LogP) is 2.81. The number of carbonyl (C=O) groups excluding carboxylic acids is 2. The molecule has 8 heteroatoms. The molecule has 2 aromatic heterocycles.